The highest BCUT2D eigenvalue weighted by atomic mass is 35.5. The van der Waals surface area contributed by atoms with E-state index < -0.39 is 32.0 Å². The molecule has 0 aliphatic carbocycles. The van der Waals surface area contributed by atoms with Crippen molar-refractivity contribution in [1.82, 2.24) is 4.31 Å². The molecule has 0 aromatic heterocycles. The van der Waals surface area contributed by atoms with Gasteiger partial charge in [-0.05, 0) is 24.1 Å². The maximum atomic E-state index is 13.1. The Labute approximate surface area is 124 Å². The molecule has 0 heterocycles. The summed E-state index contributed by atoms with van der Waals surface area (Å²) in [4.78, 5) is -0.402. The Balaban J connectivity index is 0.00000361. The van der Waals surface area contributed by atoms with Crippen LogP contribution in [0.4, 0.5) is 8.78 Å². The summed E-state index contributed by atoms with van der Waals surface area (Å²) in [6.45, 7) is 4.07. The number of hydrogen-bond donors (Lipinski definition) is 1. The van der Waals surface area contributed by atoms with Gasteiger partial charge < -0.3 is 5.73 Å². The monoisotopic (exact) mass is 328 g/mol. The lowest BCUT2D eigenvalue weighted by Crippen LogP contribution is -2.39. The fourth-order valence-electron chi connectivity index (χ4n) is 1.61. The zero-order valence-corrected chi connectivity index (χ0v) is 13.2. The summed E-state index contributed by atoms with van der Waals surface area (Å²) in [6.07, 6.45) is 0. The van der Waals surface area contributed by atoms with Gasteiger partial charge in [-0.15, -0.1) is 12.4 Å². The van der Waals surface area contributed by atoms with Crippen LogP contribution in [0.2, 0.25) is 0 Å². The van der Waals surface area contributed by atoms with Gasteiger partial charge in [0.1, 0.15) is 11.6 Å². The molecule has 0 saturated heterocycles. The normalized spacial score (nSPS) is 12.3. The van der Waals surface area contributed by atoms with E-state index in [4.69, 9.17) is 5.73 Å². The zero-order valence-electron chi connectivity index (χ0n) is 11.6. The lowest BCUT2D eigenvalue weighted by atomic mass is 9.94. The lowest BCUT2D eigenvalue weighted by Gasteiger charge is -2.28. The van der Waals surface area contributed by atoms with E-state index >= 15 is 0 Å². The summed E-state index contributed by atoms with van der Waals surface area (Å²) in [6, 6.07) is 2.22. The third-order valence-corrected chi connectivity index (χ3v) is 4.53. The predicted octanol–water partition coefficient (Wildman–Crippen LogP) is 1.99. The van der Waals surface area contributed by atoms with Gasteiger partial charge in [-0.1, -0.05) is 13.8 Å². The second-order valence-corrected chi connectivity index (χ2v) is 7.28. The molecule has 116 valence electrons. The second kappa shape index (κ2) is 6.80. The van der Waals surface area contributed by atoms with E-state index in [1.807, 2.05) is 13.8 Å². The topological polar surface area (TPSA) is 63.4 Å². The van der Waals surface area contributed by atoms with Gasteiger partial charge in [0.2, 0.25) is 10.0 Å². The first-order valence-corrected chi connectivity index (χ1v) is 7.15. The van der Waals surface area contributed by atoms with Gasteiger partial charge in [-0.3, -0.25) is 0 Å². The van der Waals surface area contributed by atoms with E-state index in [0.29, 0.717) is 12.6 Å². The lowest BCUT2D eigenvalue weighted by molar-refractivity contribution is 0.292. The van der Waals surface area contributed by atoms with Gasteiger partial charge in [0.25, 0.3) is 0 Å². The van der Waals surface area contributed by atoms with Crippen molar-refractivity contribution in [2.45, 2.75) is 18.7 Å². The quantitative estimate of drug-likeness (QED) is 0.899. The Morgan fingerprint density at radius 3 is 2.05 bits per heavy atom. The van der Waals surface area contributed by atoms with Crippen molar-refractivity contribution in [3.63, 3.8) is 0 Å². The predicted molar refractivity (Wildman–Crippen MR) is 76.3 cm³/mol. The average molecular weight is 329 g/mol. The molecule has 20 heavy (non-hydrogen) atoms. The third-order valence-electron chi connectivity index (χ3n) is 2.75. The highest BCUT2D eigenvalue weighted by Gasteiger charge is 2.27. The van der Waals surface area contributed by atoms with E-state index in [1.165, 1.54) is 7.05 Å². The number of benzene rings is 1. The van der Waals surface area contributed by atoms with E-state index in [2.05, 4.69) is 0 Å². The van der Waals surface area contributed by atoms with Crippen LogP contribution in [-0.2, 0) is 10.0 Å². The molecule has 0 aliphatic rings. The molecule has 0 saturated carbocycles. The molecule has 0 atom stereocenters. The third kappa shape index (κ3) is 4.66. The van der Waals surface area contributed by atoms with Crippen LogP contribution >= 0.6 is 12.4 Å². The Morgan fingerprint density at radius 1 is 1.20 bits per heavy atom. The molecule has 0 spiro atoms. The molecule has 0 radical (unpaired) electrons. The first kappa shape index (κ1) is 19.2. The number of nitrogens with zero attached hydrogens (tertiary/aromatic N) is 1. The van der Waals surface area contributed by atoms with Crippen molar-refractivity contribution in [2.75, 3.05) is 20.1 Å². The van der Waals surface area contributed by atoms with E-state index in [1.54, 1.807) is 0 Å². The van der Waals surface area contributed by atoms with Gasteiger partial charge >= 0.3 is 0 Å². The Morgan fingerprint density at radius 2 is 1.65 bits per heavy atom. The first-order chi connectivity index (χ1) is 8.58. The SMILES string of the molecule is CN(CC(C)(C)CN)S(=O)(=O)c1cc(F)cc(F)c1.Cl. The minimum Gasteiger partial charge on any atom is -0.330 e. The van der Waals surface area contributed by atoms with Gasteiger partial charge in [0.05, 0.1) is 4.90 Å². The molecule has 8 heteroatoms. The molecule has 2 N–H and O–H groups in total. The van der Waals surface area contributed by atoms with Crippen molar-refractivity contribution in [3.8, 4) is 0 Å². The van der Waals surface area contributed by atoms with Crippen molar-refractivity contribution in [1.29, 1.82) is 0 Å². The van der Waals surface area contributed by atoms with Gasteiger partial charge in [0.15, 0.2) is 0 Å². The largest absolute Gasteiger partial charge is 0.330 e. The zero-order chi connectivity index (χ0) is 14.8. The molecule has 1 aromatic rings. The van der Waals surface area contributed by atoms with Crippen molar-refractivity contribution < 1.29 is 17.2 Å². The molecule has 1 rings (SSSR count). The van der Waals surface area contributed by atoms with Crippen LogP contribution < -0.4 is 5.73 Å². The molecule has 4 nitrogen and oxygen atoms in total. The Kier molecular flexibility index (Phi) is 6.54. The fourth-order valence-corrected chi connectivity index (χ4v) is 3.01. The molecule has 0 bridgehead atoms. The summed E-state index contributed by atoms with van der Waals surface area (Å²) < 4.78 is 51.6. The van der Waals surface area contributed by atoms with E-state index in [0.717, 1.165) is 16.4 Å². The van der Waals surface area contributed by atoms with Crippen molar-refractivity contribution in [2.24, 2.45) is 11.1 Å². The Bertz CT molecular complexity index is 544. The maximum absolute atomic E-state index is 13.1. The van der Waals surface area contributed by atoms with E-state index in [9.17, 15) is 17.2 Å². The first-order valence-electron chi connectivity index (χ1n) is 5.71. The molecule has 0 aliphatic heterocycles. The number of sulfonamides is 1. The van der Waals surface area contributed by atoms with Crippen LogP contribution in [0.3, 0.4) is 0 Å². The standard InChI is InChI=1S/C12H18F2N2O2S.ClH/c1-12(2,7-15)8-16(3)19(17,18)11-5-9(13)4-10(14)6-11;/h4-6H,7-8,15H2,1-3H3;1H. The van der Waals surface area contributed by atoms with Crippen LogP contribution in [0.1, 0.15) is 13.8 Å². The van der Waals surface area contributed by atoms with Crippen molar-refractivity contribution >= 4 is 22.4 Å². The molecule has 1 aromatic carbocycles. The number of nitrogens with two attached hydrogens (primary N) is 1. The van der Waals surface area contributed by atoms with Crippen LogP contribution in [0, 0.1) is 17.0 Å². The van der Waals surface area contributed by atoms with Crippen LogP contribution in [-0.4, -0.2) is 32.9 Å². The summed E-state index contributed by atoms with van der Waals surface area (Å²) in [7, 11) is -2.57. The number of hydrogen-bond acceptors (Lipinski definition) is 3. The minimum absolute atomic E-state index is 0. The van der Waals surface area contributed by atoms with Gasteiger partial charge in [-0.2, -0.15) is 0 Å². The number of rotatable bonds is 5. The highest BCUT2D eigenvalue weighted by Crippen LogP contribution is 2.21. The molecular weight excluding hydrogens is 310 g/mol. The summed E-state index contributed by atoms with van der Waals surface area (Å²) in [5, 5.41) is 0. The average Bonchev–Trinajstić information content (AvgIpc) is 2.27. The van der Waals surface area contributed by atoms with Crippen LogP contribution in [0.15, 0.2) is 23.1 Å². The second-order valence-electron chi connectivity index (χ2n) is 5.23. The summed E-state index contributed by atoms with van der Waals surface area (Å²) >= 11 is 0. The van der Waals surface area contributed by atoms with Gasteiger partial charge in [0, 0.05) is 19.7 Å². The van der Waals surface area contributed by atoms with Crippen LogP contribution in [0.25, 0.3) is 0 Å². The minimum atomic E-state index is -3.93. The smallest absolute Gasteiger partial charge is 0.243 e. The maximum Gasteiger partial charge on any atom is 0.243 e. The van der Waals surface area contributed by atoms with Crippen LogP contribution in [0.5, 0.6) is 0 Å². The number of halogens is 3. The summed E-state index contributed by atoms with van der Waals surface area (Å²) in [5.41, 5.74) is 5.12. The molecule has 0 fully saturated rings. The summed E-state index contributed by atoms with van der Waals surface area (Å²) in [5.74, 6) is -1.85. The molecular formula is C12H19ClF2N2O2S. The molecule has 0 amide bonds. The van der Waals surface area contributed by atoms with Crippen molar-refractivity contribution in [3.05, 3.63) is 29.8 Å². The Hall–Kier alpha value is -0.760. The highest BCUT2D eigenvalue weighted by molar-refractivity contribution is 7.89. The molecule has 0 unspecified atom stereocenters. The van der Waals surface area contributed by atoms with E-state index in [-0.39, 0.29) is 19.0 Å². The van der Waals surface area contributed by atoms with Gasteiger partial charge in [-0.25, -0.2) is 21.5 Å². The fraction of sp³-hybridized carbons (Fsp3) is 0.500.